The summed E-state index contributed by atoms with van der Waals surface area (Å²) in [5, 5.41) is 0. The Morgan fingerprint density at radius 2 is 2.27 bits per heavy atom. The third-order valence-corrected chi connectivity index (χ3v) is 2.55. The summed E-state index contributed by atoms with van der Waals surface area (Å²) in [4.78, 5) is 11.6. The summed E-state index contributed by atoms with van der Waals surface area (Å²) >= 11 is 0. The number of hydrogen-bond acceptors (Lipinski definition) is 3. The Balaban J connectivity index is 1.96. The average Bonchev–Trinajstić information content (AvgIpc) is 3.10. The molecule has 1 aliphatic rings. The van der Waals surface area contributed by atoms with Gasteiger partial charge < -0.3 is 10.5 Å². The highest BCUT2D eigenvalue weighted by molar-refractivity contribution is 5.89. The van der Waals surface area contributed by atoms with Crippen molar-refractivity contribution in [1.82, 2.24) is 0 Å². The van der Waals surface area contributed by atoms with Gasteiger partial charge in [0.25, 0.3) is 0 Å². The van der Waals surface area contributed by atoms with Gasteiger partial charge in [-0.3, -0.25) is 0 Å². The van der Waals surface area contributed by atoms with Gasteiger partial charge in [0, 0.05) is 6.54 Å². The number of hydrogen-bond donors (Lipinski definition) is 1. The number of rotatable bonds is 4. The number of nitrogens with two attached hydrogens (primary N) is 1. The van der Waals surface area contributed by atoms with Crippen LogP contribution >= 0.6 is 0 Å². The van der Waals surface area contributed by atoms with E-state index in [0.29, 0.717) is 24.6 Å². The van der Waals surface area contributed by atoms with Gasteiger partial charge in [-0.15, -0.1) is 0 Å². The Morgan fingerprint density at radius 1 is 1.47 bits per heavy atom. The maximum absolute atomic E-state index is 11.6. The molecule has 2 rings (SSSR count). The largest absolute Gasteiger partial charge is 0.462 e. The van der Waals surface area contributed by atoms with Gasteiger partial charge in [0.2, 0.25) is 0 Å². The van der Waals surface area contributed by atoms with E-state index in [4.69, 9.17) is 10.5 Å². The molecule has 0 aliphatic heterocycles. The Morgan fingerprint density at radius 3 is 2.93 bits per heavy atom. The lowest BCUT2D eigenvalue weighted by molar-refractivity contribution is 0.0486. The fourth-order valence-corrected chi connectivity index (χ4v) is 1.39. The first-order valence-electron chi connectivity index (χ1n) is 5.25. The number of benzene rings is 1. The van der Waals surface area contributed by atoms with Crippen LogP contribution in [-0.2, 0) is 11.3 Å². The van der Waals surface area contributed by atoms with Gasteiger partial charge in [0.1, 0.15) is 0 Å². The molecule has 1 aliphatic carbocycles. The van der Waals surface area contributed by atoms with E-state index in [9.17, 15) is 4.79 Å². The van der Waals surface area contributed by atoms with Crippen molar-refractivity contribution >= 4 is 5.97 Å². The van der Waals surface area contributed by atoms with Gasteiger partial charge in [-0.2, -0.15) is 0 Å². The maximum atomic E-state index is 11.6. The lowest BCUT2D eigenvalue weighted by Gasteiger charge is -2.04. The van der Waals surface area contributed by atoms with Gasteiger partial charge in [-0.05, 0) is 36.5 Å². The summed E-state index contributed by atoms with van der Waals surface area (Å²) in [7, 11) is 0. The third kappa shape index (κ3) is 2.80. The second kappa shape index (κ2) is 4.45. The van der Waals surface area contributed by atoms with Crippen LogP contribution in [0.4, 0.5) is 0 Å². The van der Waals surface area contributed by atoms with Crippen LogP contribution in [0.25, 0.3) is 0 Å². The highest BCUT2D eigenvalue weighted by Gasteiger charge is 2.23. The Hall–Kier alpha value is -1.35. The standard InChI is InChI=1S/C12H15NO2/c13-7-10-2-1-3-11(6-10)12(14)15-8-9-4-5-9/h1-3,6,9H,4-5,7-8,13H2. The predicted octanol–water partition coefficient (Wildman–Crippen LogP) is 1.71. The van der Waals surface area contributed by atoms with Crippen molar-refractivity contribution in [3.63, 3.8) is 0 Å². The second-order valence-electron chi connectivity index (χ2n) is 3.95. The predicted molar refractivity (Wildman–Crippen MR) is 57.3 cm³/mol. The lowest BCUT2D eigenvalue weighted by Crippen LogP contribution is -2.08. The molecule has 0 saturated heterocycles. The quantitative estimate of drug-likeness (QED) is 0.761. The van der Waals surface area contributed by atoms with E-state index >= 15 is 0 Å². The van der Waals surface area contributed by atoms with E-state index < -0.39 is 0 Å². The summed E-state index contributed by atoms with van der Waals surface area (Å²) < 4.78 is 5.17. The van der Waals surface area contributed by atoms with Crippen LogP contribution in [0.15, 0.2) is 24.3 Å². The molecule has 15 heavy (non-hydrogen) atoms. The van der Waals surface area contributed by atoms with E-state index in [1.807, 2.05) is 12.1 Å². The molecule has 0 aromatic heterocycles. The van der Waals surface area contributed by atoms with Crippen LogP contribution < -0.4 is 5.73 Å². The van der Waals surface area contributed by atoms with Gasteiger partial charge in [-0.25, -0.2) is 4.79 Å². The molecule has 1 saturated carbocycles. The van der Waals surface area contributed by atoms with Crippen LogP contribution in [0.5, 0.6) is 0 Å². The normalized spacial score (nSPS) is 15.0. The molecule has 0 heterocycles. The molecule has 2 N–H and O–H groups in total. The molecule has 1 fully saturated rings. The first-order chi connectivity index (χ1) is 7.29. The highest BCUT2D eigenvalue weighted by atomic mass is 16.5. The van der Waals surface area contributed by atoms with Crippen LogP contribution in [0, 0.1) is 5.92 Å². The zero-order chi connectivity index (χ0) is 10.7. The zero-order valence-electron chi connectivity index (χ0n) is 8.61. The third-order valence-electron chi connectivity index (χ3n) is 2.55. The van der Waals surface area contributed by atoms with E-state index in [1.54, 1.807) is 12.1 Å². The minimum atomic E-state index is -0.239. The SMILES string of the molecule is NCc1cccc(C(=O)OCC2CC2)c1. The smallest absolute Gasteiger partial charge is 0.338 e. The van der Waals surface area contributed by atoms with Crippen molar-refractivity contribution in [3.05, 3.63) is 35.4 Å². The van der Waals surface area contributed by atoms with E-state index in [0.717, 1.165) is 5.56 Å². The number of carbonyl (C=O) groups is 1. The first-order valence-corrected chi connectivity index (χ1v) is 5.25. The van der Waals surface area contributed by atoms with Gasteiger partial charge in [0.15, 0.2) is 0 Å². The molecule has 1 aromatic rings. The first kappa shape index (κ1) is 10.2. The van der Waals surface area contributed by atoms with Crippen LogP contribution in [0.3, 0.4) is 0 Å². The molecule has 0 amide bonds. The van der Waals surface area contributed by atoms with Crippen molar-refractivity contribution in [2.45, 2.75) is 19.4 Å². The molecule has 0 bridgehead atoms. The molecule has 0 atom stereocenters. The lowest BCUT2D eigenvalue weighted by atomic mass is 10.1. The molecule has 0 unspecified atom stereocenters. The van der Waals surface area contributed by atoms with E-state index in [2.05, 4.69) is 0 Å². The van der Waals surface area contributed by atoms with E-state index in [-0.39, 0.29) is 5.97 Å². The second-order valence-corrected chi connectivity index (χ2v) is 3.95. The Kier molecular flexibility index (Phi) is 3.02. The molecular formula is C12H15NO2. The van der Waals surface area contributed by atoms with Gasteiger partial charge in [-0.1, -0.05) is 12.1 Å². The minimum Gasteiger partial charge on any atom is -0.462 e. The topological polar surface area (TPSA) is 52.3 Å². The van der Waals surface area contributed by atoms with Gasteiger partial charge >= 0.3 is 5.97 Å². The summed E-state index contributed by atoms with van der Waals surface area (Å²) in [6.45, 7) is 1.01. The van der Waals surface area contributed by atoms with Crippen LogP contribution in [0.1, 0.15) is 28.8 Å². The molecule has 80 valence electrons. The average molecular weight is 205 g/mol. The molecule has 0 radical (unpaired) electrons. The van der Waals surface area contributed by atoms with Crippen molar-refractivity contribution in [1.29, 1.82) is 0 Å². The number of esters is 1. The van der Waals surface area contributed by atoms with Crippen molar-refractivity contribution in [3.8, 4) is 0 Å². The molecule has 3 heteroatoms. The van der Waals surface area contributed by atoms with Crippen LogP contribution in [-0.4, -0.2) is 12.6 Å². The number of carbonyl (C=O) groups excluding carboxylic acids is 1. The molecule has 3 nitrogen and oxygen atoms in total. The zero-order valence-corrected chi connectivity index (χ0v) is 8.61. The van der Waals surface area contributed by atoms with Crippen molar-refractivity contribution < 1.29 is 9.53 Å². The summed E-state index contributed by atoms with van der Waals surface area (Å²) in [6, 6.07) is 7.28. The minimum absolute atomic E-state index is 0.239. The van der Waals surface area contributed by atoms with E-state index in [1.165, 1.54) is 12.8 Å². The summed E-state index contributed by atoms with van der Waals surface area (Å²) in [5.41, 5.74) is 7.05. The molecular weight excluding hydrogens is 190 g/mol. The Bertz CT molecular complexity index is 358. The maximum Gasteiger partial charge on any atom is 0.338 e. The monoisotopic (exact) mass is 205 g/mol. The van der Waals surface area contributed by atoms with Gasteiger partial charge in [0.05, 0.1) is 12.2 Å². The Labute approximate surface area is 89.2 Å². The van der Waals surface area contributed by atoms with Crippen LogP contribution in [0.2, 0.25) is 0 Å². The summed E-state index contributed by atoms with van der Waals surface area (Å²) in [6.07, 6.45) is 2.38. The van der Waals surface area contributed by atoms with Crippen molar-refractivity contribution in [2.24, 2.45) is 11.7 Å². The molecule has 1 aromatic carbocycles. The fraction of sp³-hybridized carbons (Fsp3) is 0.417. The van der Waals surface area contributed by atoms with Crippen molar-refractivity contribution in [2.75, 3.05) is 6.61 Å². The molecule has 0 spiro atoms. The highest BCUT2D eigenvalue weighted by Crippen LogP contribution is 2.29. The summed E-state index contributed by atoms with van der Waals surface area (Å²) in [5.74, 6) is 0.365. The number of ether oxygens (including phenoxy) is 1. The fourth-order valence-electron chi connectivity index (χ4n) is 1.39.